The van der Waals surface area contributed by atoms with Gasteiger partial charge < -0.3 is 9.52 Å². The van der Waals surface area contributed by atoms with Crippen molar-refractivity contribution < 1.29 is 9.52 Å². The van der Waals surface area contributed by atoms with Crippen molar-refractivity contribution in [1.29, 1.82) is 0 Å². The second kappa shape index (κ2) is 7.19. The Balaban J connectivity index is 1.57. The van der Waals surface area contributed by atoms with Gasteiger partial charge in [-0.15, -0.1) is 10.2 Å². The van der Waals surface area contributed by atoms with Crippen LogP contribution in [0, 0.1) is 0 Å². The molecular formula is C15H19ClN4O2. The first-order chi connectivity index (χ1) is 10.7. The molecule has 1 saturated heterocycles. The Hall–Kier alpha value is -1.47. The molecule has 2 aromatic rings. The average Bonchev–Trinajstić information content (AvgIpc) is 2.99. The van der Waals surface area contributed by atoms with Crippen molar-refractivity contribution >= 4 is 11.6 Å². The zero-order chi connectivity index (χ0) is 15.4. The Labute approximate surface area is 134 Å². The molecule has 1 aliphatic rings. The maximum atomic E-state index is 8.95. The van der Waals surface area contributed by atoms with Crippen molar-refractivity contribution in [3.63, 3.8) is 0 Å². The topological polar surface area (TPSA) is 65.6 Å². The molecule has 22 heavy (non-hydrogen) atoms. The maximum Gasteiger partial charge on any atom is 0.247 e. The van der Waals surface area contributed by atoms with Crippen LogP contribution < -0.4 is 0 Å². The van der Waals surface area contributed by atoms with Crippen LogP contribution in [0.5, 0.6) is 0 Å². The lowest BCUT2D eigenvalue weighted by atomic mass is 10.2. The smallest absolute Gasteiger partial charge is 0.247 e. The zero-order valence-corrected chi connectivity index (χ0v) is 13.0. The van der Waals surface area contributed by atoms with Crippen LogP contribution in [0.1, 0.15) is 5.89 Å². The monoisotopic (exact) mass is 322 g/mol. The highest BCUT2D eigenvalue weighted by molar-refractivity contribution is 6.30. The van der Waals surface area contributed by atoms with Gasteiger partial charge in [-0.25, -0.2) is 0 Å². The molecule has 0 amide bonds. The molecule has 1 aliphatic heterocycles. The van der Waals surface area contributed by atoms with Crippen LogP contribution in [0.25, 0.3) is 11.5 Å². The molecule has 6 nitrogen and oxygen atoms in total. The first kappa shape index (κ1) is 15.4. The quantitative estimate of drug-likeness (QED) is 0.900. The lowest BCUT2D eigenvalue weighted by Gasteiger charge is -2.33. The Bertz CT molecular complexity index is 594. The molecule has 0 bridgehead atoms. The molecule has 1 aromatic heterocycles. The van der Waals surface area contributed by atoms with E-state index in [2.05, 4.69) is 20.0 Å². The van der Waals surface area contributed by atoms with E-state index in [0.29, 0.717) is 23.3 Å². The first-order valence-corrected chi connectivity index (χ1v) is 7.76. The highest BCUT2D eigenvalue weighted by atomic mass is 35.5. The van der Waals surface area contributed by atoms with Gasteiger partial charge in [0.15, 0.2) is 0 Å². The SMILES string of the molecule is OCCN1CCN(Cc2nnc(-c3ccc(Cl)cc3)o2)CC1. The van der Waals surface area contributed by atoms with Gasteiger partial charge in [0.25, 0.3) is 0 Å². The second-order valence-electron chi connectivity index (χ2n) is 5.35. The summed E-state index contributed by atoms with van der Waals surface area (Å²) in [7, 11) is 0. The molecule has 2 heterocycles. The highest BCUT2D eigenvalue weighted by Gasteiger charge is 2.18. The lowest BCUT2D eigenvalue weighted by Crippen LogP contribution is -2.46. The molecule has 0 saturated carbocycles. The molecule has 7 heteroatoms. The number of benzene rings is 1. The van der Waals surface area contributed by atoms with E-state index in [1.807, 2.05) is 12.1 Å². The number of aromatic nitrogens is 2. The van der Waals surface area contributed by atoms with Crippen LogP contribution in [-0.2, 0) is 6.54 Å². The summed E-state index contributed by atoms with van der Waals surface area (Å²) >= 11 is 5.87. The fraction of sp³-hybridized carbons (Fsp3) is 0.467. The normalized spacial score (nSPS) is 17.0. The fourth-order valence-corrected chi connectivity index (χ4v) is 2.66. The minimum atomic E-state index is 0.216. The summed E-state index contributed by atoms with van der Waals surface area (Å²) in [4.78, 5) is 4.54. The van der Waals surface area contributed by atoms with Gasteiger partial charge >= 0.3 is 0 Å². The second-order valence-corrected chi connectivity index (χ2v) is 5.79. The van der Waals surface area contributed by atoms with Crippen molar-refractivity contribution in [1.82, 2.24) is 20.0 Å². The molecule has 0 atom stereocenters. The molecule has 0 aliphatic carbocycles. The molecular weight excluding hydrogens is 304 g/mol. The number of hydrogen-bond donors (Lipinski definition) is 1. The Morgan fingerprint density at radius 2 is 1.73 bits per heavy atom. The van der Waals surface area contributed by atoms with E-state index in [9.17, 15) is 0 Å². The van der Waals surface area contributed by atoms with Gasteiger partial charge in [-0.1, -0.05) is 11.6 Å². The van der Waals surface area contributed by atoms with Crippen LogP contribution in [0.3, 0.4) is 0 Å². The number of piperazine rings is 1. The van der Waals surface area contributed by atoms with Crippen LogP contribution >= 0.6 is 11.6 Å². The van der Waals surface area contributed by atoms with E-state index >= 15 is 0 Å². The summed E-state index contributed by atoms with van der Waals surface area (Å²) in [5, 5.41) is 17.9. The maximum absolute atomic E-state index is 8.95. The van der Waals surface area contributed by atoms with Gasteiger partial charge in [0, 0.05) is 43.3 Å². The van der Waals surface area contributed by atoms with Gasteiger partial charge in [-0.2, -0.15) is 0 Å². The Morgan fingerprint density at radius 3 is 2.41 bits per heavy atom. The van der Waals surface area contributed by atoms with E-state index in [4.69, 9.17) is 21.1 Å². The molecule has 0 radical (unpaired) electrons. The lowest BCUT2D eigenvalue weighted by molar-refractivity contribution is 0.103. The third-order valence-electron chi connectivity index (χ3n) is 3.80. The number of aliphatic hydroxyl groups excluding tert-OH is 1. The van der Waals surface area contributed by atoms with E-state index in [-0.39, 0.29) is 6.61 Å². The number of nitrogens with zero attached hydrogens (tertiary/aromatic N) is 4. The van der Waals surface area contributed by atoms with Crippen LogP contribution in [0.2, 0.25) is 5.02 Å². The number of aliphatic hydroxyl groups is 1. The minimum absolute atomic E-state index is 0.216. The molecule has 0 unspecified atom stereocenters. The summed E-state index contributed by atoms with van der Waals surface area (Å²) in [6.45, 7) is 5.42. The van der Waals surface area contributed by atoms with Crippen molar-refractivity contribution in [3.8, 4) is 11.5 Å². The Morgan fingerprint density at radius 1 is 1.05 bits per heavy atom. The first-order valence-electron chi connectivity index (χ1n) is 7.38. The predicted molar refractivity (Wildman–Crippen MR) is 83.5 cm³/mol. The molecule has 1 fully saturated rings. The Kier molecular flexibility index (Phi) is 5.04. The van der Waals surface area contributed by atoms with Crippen LogP contribution in [0.15, 0.2) is 28.7 Å². The highest BCUT2D eigenvalue weighted by Crippen LogP contribution is 2.20. The zero-order valence-electron chi connectivity index (χ0n) is 12.3. The van der Waals surface area contributed by atoms with Gasteiger partial charge in [0.2, 0.25) is 11.8 Å². The molecule has 118 valence electrons. The molecule has 0 spiro atoms. The summed E-state index contributed by atoms with van der Waals surface area (Å²) in [5.41, 5.74) is 0.871. The third-order valence-corrected chi connectivity index (χ3v) is 4.05. The number of rotatable bonds is 5. The summed E-state index contributed by atoms with van der Waals surface area (Å²) in [6, 6.07) is 7.35. The predicted octanol–water partition coefficient (Wildman–Crippen LogP) is 1.50. The number of halogens is 1. The van der Waals surface area contributed by atoms with Gasteiger partial charge in [-0.05, 0) is 24.3 Å². The fourth-order valence-electron chi connectivity index (χ4n) is 2.53. The summed E-state index contributed by atoms with van der Waals surface area (Å²) in [5.74, 6) is 1.14. The number of β-amino-alcohol motifs (C(OH)–C–C–N with tert-alkyl or cyclic N) is 1. The van der Waals surface area contributed by atoms with E-state index in [0.717, 1.165) is 38.3 Å². The van der Waals surface area contributed by atoms with Crippen LogP contribution in [0.4, 0.5) is 0 Å². The van der Waals surface area contributed by atoms with Crippen molar-refractivity contribution in [2.75, 3.05) is 39.3 Å². The van der Waals surface area contributed by atoms with Crippen molar-refractivity contribution in [2.24, 2.45) is 0 Å². The minimum Gasteiger partial charge on any atom is -0.419 e. The van der Waals surface area contributed by atoms with Gasteiger partial charge in [0.05, 0.1) is 13.2 Å². The average molecular weight is 323 g/mol. The van der Waals surface area contributed by atoms with E-state index in [1.165, 1.54) is 0 Å². The standard InChI is InChI=1S/C15H19ClN4O2/c16-13-3-1-12(2-4-13)15-18-17-14(22-15)11-20-7-5-19(6-8-20)9-10-21/h1-4,21H,5-11H2. The molecule has 1 aromatic carbocycles. The van der Waals surface area contributed by atoms with Crippen molar-refractivity contribution in [3.05, 3.63) is 35.2 Å². The number of hydrogen-bond acceptors (Lipinski definition) is 6. The third kappa shape index (κ3) is 3.84. The summed E-state index contributed by atoms with van der Waals surface area (Å²) in [6.07, 6.45) is 0. The molecule has 3 rings (SSSR count). The van der Waals surface area contributed by atoms with Gasteiger partial charge in [-0.3, -0.25) is 9.80 Å². The summed E-state index contributed by atoms with van der Waals surface area (Å²) < 4.78 is 5.73. The van der Waals surface area contributed by atoms with Crippen molar-refractivity contribution in [2.45, 2.75) is 6.54 Å². The van der Waals surface area contributed by atoms with E-state index in [1.54, 1.807) is 12.1 Å². The van der Waals surface area contributed by atoms with E-state index < -0.39 is 0 Å². The largest absolute Gasteiger partial charge is 0.419 e. The molecule has 1 N–H and O–H groups in total. The van der Waals surface area contributed by atoms with Gasteiger partial charge in [0.1, 0.15) is 0 Å². The van der Waals surface area contributed by atoms with Crippen LogP contribution in [-0.4, -0.2) is 64.4 Å².